The molecule has 0 aromatic carbocycles. The lowest BCUT2D eigenvalue weighted by atomic mass is 9.99. The molecule has 0 saturated carbocycles. The predicted octanol–water partition coefficient (Wildman–Crippen LogP) is 2.25. The first-order valence-electron chi connectivity index (χ1n) is 9.67. The quantitative estimate of drug-likeness (QED) is 0.757. The summed E-state index contributed by atoms with van der Waals surface area (Å²) in [5.41, 5.74) is 0. The molecule has 0 spiro atoms. The fraction of sp³-hybridized carbons (Fsp3) is 0.722. The Morgan fingerprint density at radius 2 is 1.77 bits per heavy atom. The van der Waals surface area contributed by atoms with Crippen LogP contribution in [0.1, 0.15) is 33.1 Å². The molecular weight excluding hydrogens is 348 g/mol. The van der Waals surface area contributed by atoms with Crippen LogP contribution in [-0.4, -0.2) is 61.0 Å². The van der Waals surface area contributed by atoms with Crippen molar-refractivity contribution >= 4 is 34.9 Å². The molecule has 2 aliphatic rings. The van der Waals surface area contributed by atoms with Crippen molar-refractivity contribution in [2.75, 3.05) is 61.1 Å². The number of hydrogen-bond acceptors (Lipinski definition) is 6. The van der Waals surface area contributed by atoms with Crippen LogP contribution in [0.15, 0.2) is 6.07 Å². The normalized spacial score (nSPS) is 18.7. The maximum absolute atomic E-state index is 5.48. The second-order valence-electron chi connectivity index (χ2n) is 7.06. The predicted molar refractivity (Wildman–Crippen MR) is 110 cm³/mol. The van der Waals surface area contributed by atoms with E-state index in [-0.39, 0.29) is 0 Å². The lowest BCUT2D eigenvalue weighted by Gasteiger charge is -2.33. The van der Waals surface area contributed by atoms with Gasteiger partial charge in [0.2, 0.25) is 5.95 Å². The topological polar surface area (TPSA) is 65.6 Å². The molecule has 2 fully saturated rings. The third kappa shape index (κ3) is 5.17. The summed E-state index contributed by atoms with van der Waals surface area (Å²) in [7, 11) is 0. The minimum atomic E-state index is 0.566. The van der Waals surface area contributed by atoms with Gasteiger partial charge in [-0.25, -0.2) is 0 Å². The Kier molecular flexibility index (Phi) is 6.85. The van der Waals surface area contributed by atoms with Crippen molar-refractivity contribution < 1.29 is 4.74 Å². The van der Waals surface area contributed by atoms with Gasteiger partial charge in [0, 0.05) is 38.8 Å². The van der Waals surface area contributed by atoms with Gasteiger partial charge in [-0.3, -0.25) is 0 Å². The van der Waals surface area contributed by atoms with Gasteiger partial charge in [-0.15, -0.1) is 0 Å². The Balaban J connectivity index is 1.80. The van der Waals surface area contributed by atoms with E-state index in [1.54, 1.807) is 0 Å². The van der Waals surface area contributed by atoms with E-state index in [0.29, 0.717) is 11.1 Å². The van der Waals surface area contributed by atoms with E-state index in [1.807, 2.05) is 0 Å². The van der Waals surface area contributed by atoms with Crippen molar-refractivity contribution in [3.63, 3.8) is 0 Å². The number of nitrogens with zero attached hydrogens (tertiary/aromatic N) is 4. The number of ether oxygens (including phenoxy) is 1. The summed E-state index contributed by atoms with van der Waals surface area (Å²) in [5.74, 6) is 3.28. The van der Waals surface area contributed by atoms with E-state index in [2.05, 4.69) is 40.3 Å². The van der Waals surface area contributed by atoms with Crippen molar-refractivity contribution in [3.8, 4) is 0 Å². The van der Waals surface area contributed by atoms with Crippen LogP contribution in [-0.2, 0) is 4.74 Å². The number of thiocarbonyl (C=S) groups is 1. The molecule has 1 aromatic heterocycles. The number of piperidine rings is 1. The average molecular weight is 379 g/mol. The molecule has 0 bridgehead atoms. The Hall–Kier alpha value is -1.67. The third-order valence-electron chi connectivity index (χ3n) is 4.90. The van der Waals surface area contributed by atoms with Gasteiger partial charge in [0.15, 0.2) is 5.11 Å². The summed E-state index contributed by atoms with van der Waals surface area (Å²) in [5, 5.41) is 6.91. The highest BCUT2D eigenvalue weighted by Gasteiger charge is 2.21. The zero-order valence-corrected chi connectivity index (χ0v) is 16.6. The van der Waals surface area contributed by atoms with Crippen LogP contribution in [0, 0.1) is 5.92 Å². The molecule has 2 N–H and O–H groups in total. The summed E-state index contributed by atoms with van der Waals surface area (Å²) < 4.78 is 5.48. The van der Waals surface area contributed by atoms with Crippen LogP contribution in [0.5, 0.6) is 0 Å². The zero-order chi connectivity index (χ0) is 18.4. The Morgan fingerprint density at radius 3 is 2.38 bits per heavy atom. The Bertz CT molecular complexity index is 599. The number of hydrogen-bond donors (Lipinski definition) is 2. The second kappa shape index (κ2) is 9.32. The maximum atomic E-state index is 5.48. The molecule has 8 heteroatoms. The Morgan fingerprint density at radius 1 is 1.15 bits per heavy atom. The smallest absolute Gasteiger partial charge is 0.232 e. The molecule has 0 radical (unpaired) electrons. The van der Waals surface area contributed by atoms with Gasteiger partial charge >= 0.3 is 0 Å². The molecule has 1 aromatic rings. The van der Waals surface area contributed by atoms with E-state index in [0.717, 1.165) is 69.9 Å². The standard InChI is InChI=1S/C18H30N6OS/c1-3-6-19-18(26)22-17-20-15(23-7-4-14(2)5-8-23)13-16(21-17)24-9-11-25-12-10-24/h13-14H,3-12H2,1-2H3,(H2,19,20,21,22,26). The Labute approximate surface area is 161 Å². The average Bonchev–Trinajstić information content (AvgIpc) is 2.67. The fourth-order valence-electron chi connectivity index (χ4n) is 3.22. The summed E-state index contributed by atoms with van der Waals surface area (Å²) in [6, 6.07) is 2.11. The zero-order valence-electron chi connectivity index (χ0n) is 15.8. The lowest BCUT2D eigenvalue weighted by molar-refractivity contribution is 0.122. The minimum absolute atomic E-state index is 0.566. The van der Waals surface area contributed by atoms with Gasteiger partial charge in [0.25, 0.3) is 0 Å². The summed E-state index contributed by atoms with van der Waals surface area (Å²) in [6.07, 6.45) is 3.43. The second-order valence-corrected chi connectivity index (χ2v) is 7.47. The van der Waals surface area contributed by atoms with Gasteiger partial charge in [-0.1, -0.05) is 13.8 Å². The van der Waals surface area contributed by atoms with Crippen LogP contribution in [0.25, 0.3) is 0 Å². The van der Waals surface area contributed by atoms with Crippen molar-refractivity contribution in [1.29, 1.82) is 0 Å². The molecule has 0 aliphatic carbocycles. The van der Waals surface area contributed by atoms with Crippen LogP contribution in [0.4, 0.5) is 17.6 Å². The molecule has 144 valence electrons. The molecule has 0 unspecified atom stereocenters. The van der Waals surface area contributed by atoms with E-state index >= 15 is 0 Å². The van der Waals surface area contributed by atoms with Gasteiger partial charge in [-0.05, 0) is 37.4 Å². The largest absolute Gasteiger partial charge is 0.378 e. The third-order valence-corrected chi connectivity index (χ3v) is 5.15. The molecule has 3 heterocycles. The van der Waals surface area contributed by atoms with E-state index < -0.39 is 0 Å². The molecule has 2 aliphatic heterocycles. The van der Waals surface area contributed by atoms with Crippen LogP contribution >= 0.6 is 12.2 Å². The summed E-state index contributed by atoms with van der Waals surface area (Å²) in [6.45, 7) is 10.5. The molecule has 26 heavy (non-hydrogen) atoms. The molecule has 0 atom stereocenters. The SMILES string of the molecule is CCCNC(=S)Nc1nc(N2CCOCC2)cc(N2CCC(C)CC2)n1. The number of morpholine rings is 1. The van der Waals surface area contributed by atoms with Crippen molar-refractivity contribution in [2.24, 2.45) is 5.92 Å². The molecule has 0 amide bonds. The highest BCUT2D eigenvalue weighted by Crippen LogP contribution is 2.26. The first-order chi connectivity index (χ1) is 12.7. The monoisotopic (exact) mass is 378 g/mol. The molecular formula is C18H30N6OS. The van der Waals surface area contributed by atoms with Gasteiger partial charge < -0.3 is 25.2 Å². The minimum Gasteiger partial charge on any atom is -0.378 e. The van der Waals surface area contributed by atoms with Crippen molar-refractivity contribution in [1.82, 2.24) is 15.3 Å². The number of anilines is 3. The molecule has 2 saturated heterocycles. The highest BCUT2D eigenvalue weighted by atomic mass is 32.1. The first kappa shape index (κ1) is 19.1. The van der Waals surface area contributed by atoms with Gasteiger partial charge in [-0.2, -0.15) is 9.97 Å². The highest BCUT2D eigenvalue weighted by molar-refractivity contribution is 7.80. The van der Waals surface area contributed by atoms with E-state index in [9.17, 15) is 0 Å². The van der Waals surface area contributed by atoms with Crippen LogP contribution in [0.2, 0.25) is 0 Å². The van der Waals surface area contributed by atoms with Crippen LogP contribution in [0.3, 0.4) is 0 Å². The number of nitrogens with one attached hydrogen (secondary N) is 2. The van der Waals surface area contributed by atoms with E-state index in [1.165, 1.54) is 12.8 Å². The molecule has 3 rings (SSSR count). The number of rotatable bonds is 5. The first-order valence-corrected chi connectivity index (χ1v) is 10.1. The lowest BCUT2D eigenvalue weighted by Crippen LogP contribution is -2.38. The van der Waals surface area contributed by atoms with Crippen molar-refractivity contribution in [3.05, 3.63) is 6.07 Å². The number of aromatic nitrogens is 2. The van der Waals surface area contributed by atoms with Gasteiger partial charge in [0.05, 0.1) is 13.2 Å². The van der Waals surface area contributed by atoms with Crippen molar-refractivity contribution in [2.45, 2.75) is 33.1 Å². The maximum Gasteiger partial charge on any atom is 0.232 e. The summed E-state index contributed by atoms with van der Waals surface area (Å²) >= 11 is 5.37. The molecule has 7 nitrogen and oxygen atoms in total. The van der Waals surface area contributed by atoms with Gasteiger partial charge in [0.1, 0.15) is 11.6 Å². The fourth-order valence-corrected chi connectivity index (χ4v) is 3.41. The van der Waals surface area contributed by atoms with Crippen LogP contribution < -0.4 is 20.4 Å². The summed E-state index contributed by atoms with van der Waals surface area (Å²) in [4.78, 5) is 14.1. The van der Waals surface area contributed by atoms with E-state index in [4.69, 9.17) is 26.9 Å².